The van der Waals surface area contributed by atoms with Crippen LogP contribution in [0.25, 0.3) is 0 Å². The Morgan fingerprint density at radius 2 is 1.83 bits per heavy atom. The van der Waals surface area contributed by atoms with Gasteiger partial charge in [-0.2, -0.15) is 0 Å². The van der Waals surface area contributed by atoms with Crippen molar-refractivity contribution in [3.63, 3.8) is 0 Å². The first-order valence-electron chi connectivity index (χ1n) is 8.53. The largest absolute Gasteiger partial charge is 0.335 e. The minimum atomic E-state index is -3.11. The number of likely N-dealkylation sites (tertiary alicyclic amines) is 1. The van der Waals surface area contributed by atoms with E-state index in [4.69, 9.17) is 0 Å². The summed E-state index contributed by atoms with van der Waals surface area (Å²) in [5.41, 5.74) is 0. The molecular formula is C15H30N4O3S. The molecular weight excluding hydrogens is 316 g/mol. The molecule has 0 bridgehead atoms. The maximum Gasteiger partial charge on any atom is 0.317 e. The van der Waals surface area contributed by atoms with E-state index in [9.17, 15) is 13.2 Å². The van der Waals surface area contributed by atoms with Crippen molar-refractivity contribution in [1.29, 1.82) is 0 Å². The second-order valence-corrected chi connectivity index (χ2v) is 8.99. The highest BCUT2D eigenvalue weighted by atomic mass is 32.2. The Kier molecular flexibility index (Phi) is 6.27. The highest BCUT2D eigenvalue weighted by Crippen LogP contribution is 2.17. The molecule has 7 nitrogen and oxygen atoms in total. The average molecular weight is 346 g/mol. The van der Waals surface area contributed by atoms with Crippen molar-refractivity contribution >= 4 is 16.1 Å². The van der Waals surface area contributed by atoms with Gasteiger partial charge in [0.15, 0.2) is 0 Å². The fourth-order valence-corrected chi connectivity index (χ4v) is 4.42. The van der Waals surface area contributed by atoms with Gasteiger partial charge in [0, 0.05) is 38.3 Å². The lowest BCUT2D eigenvalue weighted by Crippen LogP contribution is -2.54. The smallest absolute Gasteiger partial charge is 0.317 e. The highest BCUT2D eigenvalue weighted by molar-refractivity contribution is 7.89. The summed E-state index contributed by atoms with van der Waals surface area (Å²) >= 11 is 0. The van der Waals surface area contributed by atoms with E-state index in [-0.39, 0.29) is 17.8 Å². The summed E-state index contributed by atoms with van der Waals surface area (Å²) in [6.45, 7) is 4.24. The molecule has 2 aliphatic rings. The highest BCUT2D eigenvalue weighted by Gasteiger charge is 2.30. The number of urea groups is 1. The fraction of sp³-hybridized carbons (Fsp3) is 0.933. The molecule has 0 aliphatic carbocycles. The predicted molar refractivity (Wildman–Crippen MR) is 90.9 cm³/mol. The molecule has 0 radical (unpaired) electrons. The zero-order valence-corrected chi connectivity index (χ0v) is 15.3. The Hall–Kier alpha value is -0.860. The maximum absolute atomic E-state index is 12.4. The predicted octanol–water partition coefficient (Wildman–Crippen LogP) is 0.536. The zero-order valence-electron chi connectivity index (χ0n) is 14.5. The number of hydrogen-bond acceptors (Lipinski definition) is 4. The molecule has 23 heavy (non-hydrogen) atoms. The van der Waals surface area contributed by atoms with Gasteiger partial charge in [0.1, 0.15) is 0 Å². The molecule has 134 valence electrons. The summed E-state index contributed by atoms with van der Waals surface area (Å²) in [5.74, 6) is 0.143. The third-order valence-electron chi connectivity index (χ3n) is 4.95. The number of carbonyl (C=O) groups is 1. The van der Waals surface area contributed by atoms with Gasteiger partial charge in [-0.1, -0.05) is 0 Å². The summed E-state index contributed by atoms with van der Waals surface area (Å²) in [6, 6.07) is 0.491. The van der Waals surface area contributed by atoms with Gasteiger partial charge in [-0.3, -0.25) is 0 Å². The van der Waals surface area contributed by atoms with E-state index in [0.717, 1.165) is 25.9 Å². The van der Waals surface area contributed by atoms with Gasteiger partial charge in [-0.05, 0) is 46.7 Å². The Labute approximate surface area is 140 Å². The quantitative estimate of drug-likeness (QED) is 0.806. The second-order valence-electron chi connectivity index (χ2n) is 6.73. The number of sulfonamides is 1. The maximum atomic E-state index is 12.4. The van der Waals surface area contributed by atoms with Crippen LogP contribution in [-0.4, -0.2) is 86.7 Å². The minimum Gasteiger partial charge on any atom is -0.335 e. The first-order valence-corrected chi connectivity index (χ1v) is 10.1. The number of carbonyl (C=O) groups excluding carboxylic acids is 1. The molecule has 1 N–H and O–H groups in total. The van der Waals surface area contributed by atoms with E-state index in [2.05, 4.69) is 24.3 Å². The molecule has 2 heterocycles. The lowest BCUT2D eigenvalue weighted by molar-refractivity contribution is 0.135. The van der Waals surface area contributed by atoms with E-state index >= 15 is 0 Å². The number of hydrogen-bond donors (Lipinski definition) is 1. The normalized spacial score (nSPS) is 24.9. The molecule has 0 aromatic carbocycles. The molecule has 0 spiro atoms. The lowest BCUT2D eigenvalue weighted by Gasteiger charge is -2.38. The topological polar surface area (TPSA) is 73.0 Å². The number of nitrogens with zero attached hydrogens (tertiary/aromatic N) is 3. The lowest BCUT2D eigenvalue weighted by atomic mass is 10.0. The SMILES string of the molecule is CCS(=O)(=O)N1CCC(NC(=O)N2CCCC(N(C)C)C2)CC1. The van der Waals surface area contributed by atoms with E-state index in [0.29, 0.717) is 32.0 Å². The van der Waals surface area contributed by atoms with Gasteiger partial charge in [0.05, 0.1) is 5.75 Å². The van der Waals surface area contributed by atoms with Gasteiger partial charge < -0.3 is 15.1 Å². The molecule has 2 amide bonds. The van der Waals surface area contributed by atoms with Crippen LogP contribution in [0.2, 0.25) is 0 Å². The number of rotatable bonds is 4. The molecule has 2 fully saturated rings. The Morgan fingerprint density at radius 1 is 1.17 bits per heavy atom. The van der Waals surface area contributed by atoms with Crippen molar-refractivity contribution in [2.24, 2.45) is 0 Å². The van der Waals surface area contributed by atoms with Crippen molar-refractivity contribution in [3.05, 3.63) is 0 Å². The van der Waals surface area contributed by atoms with E-state index in [1.807, 2.05) is 4.90 Å². The molecule has 1 unspecified atom stereocenters. The Balaban J connectivity index is 1.81. The van der Waals surface area contributed by atoms with Crippen LogP contribution in [0, 0.1) is 0 Å². The Morgan fingerprint density at radius 3 is 2.39 bits per heavy atom. The standard InChI is InChI=1S/C15H30N4O3S/c1-4-23(21,22)19-10-7-13(8-11-19)16-15(20)18-9-5-6-14(12-18)17(2)3/h13-14H,4-12H2,1-3H3,(H,16,20). The summed E-state index contributed by atoms with van der Waals surface area (Å²) < 4.78 is 25.3. The van der Waals surface area contributed by atoms with Crippen LogP contribution >= 0.6 is 0 Å². The van der Waals surface area contributed by atoms with Crippen LogP contribution in [0.4, 0.5) is 4.79 Å². The second kappa shape index (κ2) is 7.81. The zero-order chi connectivity index (χ0) is 17.0. The number of amides is 2. The molecule has 0 aromatic rings. The van der Waals surface area contributed by atoms with Crippen molar-refractivity contribution < 1.29 is 13.2 Å². The molecule has 1 atom stereocenters. The molecule has 8 heteroatoms. The van der Waals surface area contributed by atoms with Crippen molar-refractivity contribution in [2.75, 3.05) is 46.0 Å². The summed E-state index contributed by atoms with van der Waals surface area (Å²) in [5, 5.41) is 3.09. The van der Waals surface area contributed by atoms with Crippen LogP contribution in [0.5, 0.6) is 0 Å². The van der Waals surface area contributed by atoms with Crippen LogP contribution < -0.4 is 5.32 Å². The van der Waals surface area contributed by atoms with Crippen molar-refractivity contribution in [3.8, 4) is 0 Å². The van der Waals surface area contributed by atoms with Gasteiger partial charge in [0.2, 0.25) is 10.0 Å². The molecule has 0 saturated carbocycles. The first-order chi connectivity index (χ1) is 10.8. The summed E-state index contributed by atoms with van der Waals surface area (Å²) in [4.78, 5) is 16.5. The van der Waals surface area contributed by atoms with Crippen LogP contribution in [-0.2, 0) is 10.0 Å². The molecule has 2 saturated heterocycles. The third kappa shape index (κ3) is 4.81. The minimum absolute atomic E-state index is 0.00616. The third-order valence-corrected chi connectivity index (χ3v) is 6.84. The van der Waals surface area contributed by atoms with Gasteiger partial charge in [-0.15, -0.1) is 0 Å². The monoisotopic (exact) mass is 346 g/mol. The van der Waals surface area contributed by atoms with Gasteiger partial charge in [-0.25, -0.2) is 17.5 Å². The number of likely N-dealkylation sites (N-methyl/N-ethyl adjacent to an activating group) is 1. The molecule has 2 rings (SSSR count). The first kappa shape index (κ1) is 18.5. The van der Waals surface area contributed by atoms with Gasteiger partial charge in [0.25, 0.3) is 0 Å². The van der Waals surface area contributed by atoms with Crippen molar-refractivity contribution in [2.45, 2.75) is 44.7 Å². The van der Waals surface area contributed by atoms with Gasteiger partial charge >= 0.3 is 6.03 Å². The van der Waals surface area contributed by atoms with E-state index in [1.165, 1.54) is 0 Å². The van der Waals surface area contributed by atoms with Crippen LogP contribution in [0.15, 0.2) is 0 Å². The van der Waals surface area contributed by atoms with Crippen LogP contribution in [0.1, 0.15) is 32.6 Å². The molecule has 0 aromatic heterocycles. The Bertz CT molecular complexity index is 501. The summed E-state index contributed by atoms with van der Waals surface area (Å²) in [6.07, 6.45) is 3.54. The number of nitrogens with one attached hydrogen (secondary N) is 1. The fourth-order valence-electron chi connectivity index (χ4n) is 3.29. The summed E-state index contributed by atoms with van der Waals surface area (Å²) in [7, 11) is 0.997. The van der Waals surface area contributed by atoms with E-state index in [1.54, 1.807) is 11.2 Å². The molecule has 2 aliphatic heterocycles. The van der Waals surface area contributed by atoms with Crippen LogP contribution in [0.3, 0.4) is 0 Å². The number of piperidine rings is 2. The van der Waals surface area contributed by atoms with E-state index < -0.39 is 10.0 Å². The van der Waals surface area contributed by atoms with Crippen molar-refractivity contribution in [1.82, 2.24) is 19.4 Å². The average Bonchev–Trinajstić information content (AvgIpc) is 2.55.